The van der Waals surface area contributed by atoms with Crippen LogP contribution in [-0.2, 0) is 6.42 Å². The summed E-state index contributed by atoms with van der Waals surface area (Å²) in [5.74, 6) is 0.826. The third-order valence-corrected chi connectivity index (χ3v) is 3.71. The summed E-state index contributed by atoms with van der Waals surface area (Å²) in [6, 6.07) is 18.9. The van der Waals surface area contributed by atoms with Crippen molar-refractivity contribution in [1.29, 1.82) is 0 Å². The van der Waals surface area contributed by atoms with Crippen LogP contribution in [0.4, 0.5) is 5.88 Å². The van der Waals surface area contributed by atoms with E-state index in [0.29, 0.717) is 0 Å². The minimum Gasteiger partial charge on any atom is -0.353 e. The van der Waals surface area contributed by atoms with E-state index in [1.807, 2.05) is 6.07 Å². The van der Waals surface area contributed by atoms with Crippen molar-refractivity contribution < 1.29 is 4.52 Å². The fourth-order valence-corrected chi connectivity index (χ4v) is 2.66. The highest BCUT2D eigenvalue weighted by molar-refractivity contribution is 5.73. The second-order valence-corrected chi connectivity index (χ2v) is 4.96. The van der Waals surface area contributed by atoms with Gasteiger partial charge in [-0.3, -0.25) is 0 Å². The molecule has 3 aromatic rings. The Bertz CT molecular complexity index is 729. The SMILES string of the molecule is c1ccc(-c2ccc(-c3noc4c3CCN4)cc2)cc1. The van der Waals surface area contributed by atoms with E-state index < -0.39 is 0 Å². The molecular weight excluding hydrogens is 248 g/mol. The molecule has 0 amide bonds. The molecule has 0 unspecified atom stereocenters. The highest BCUT2D eigenvalue weighted by Gasteiger charge is 2.21. The van der Waals surface area contributed by atoms with E-state index in [9.17, 15) is 0 Å². The van der Waals surface area contributed by atoms with Gasteiger partial charge in [-0.25, -0.2) is 0 Å². The maximum atomic E-state index is 5.32. The summed E-state index contributed by atoms with van der Waals surface area (Å²) >= 11 is 0. The number of hydrogen-bond donors (Lipinski definition) is 1. The van der Waals surface area contributed by atoms with E-state index in [-0.39, 0.29) is 0 Å². The van der Waals surface area contributed by atoms with Crippen LogP contribution in [0.1, 0.15) is 5.56 Å². The zero-order valence-electron chi connectivity index (χ0n) is 11.0. The molecule has 0 saturated heterocycles. The number of aromatic nitrogens is 1. The molecule has 3 heteroatoms. The number of fused-ring (bicyclic) bond motifs is 1. The van der Waals surface area contributed by atoms with Crippen LogP contribution >= 0.6 is 0 Å². The molecule has 2 aromatic carbocycles. The van der Waals surface area contributed by atoms with Crippen LogP contribution < -0.4 is 5.32 Å². The summed E-state index contributed by atoms with van der Waals surface area (Å²) in [7, 11) is 0. The van der Waals surface area contributed by atoms with Crippen LogP contribution in [-0.4, -0.2) is 11.7 Å². The number of hydrogen-bond acceptors (Lipinski definition) is 3. The minimum absolute atomic E-state index is 0.826. The van der Waals surface area contributed by atoms with Crippen LogP contribution in [0.3, 0.4) is 0 Å². The first kappa shape index (κ1) is 11.3. The topological polar surface area (TPSA) is 38.1 Å². The lowest BCUT2D eigenvalue weighted by Gasteiger charge is -2.03. The van der Waals surface area contributed by atoms with Gasteiger partial charge < -0.3 is 9.84 Å². The molecule has 0 atom stereocenters. The first-order chi connectivity index (χ1) is 9.92. The number of benzene rings is 2. The molecule has 20 heavy (non-hydrogen) atoms. The Balaban J connectivity index is 1.71. The van der Waals surface area contributed by atoms with Gasteiger partial charge in [0.05, 0.1) is 0 Å². The molecule has 0 saturated carbocycles. The van der Waals surface area contributed by atoms with Gasteiger partial charge in [-0.1, -0.05) is 59.8 Å². The third-order valence-electron chi connectivity index (χ3n) is 3.71. The molecule has 0 spiro atoms. The summed E-state index contributed by atoms with van der Waals surface area (Å²) in [6.45, 7) is 0.936. The Hall–Kier alpha value is -2.55. The molecule has 3 nitrogen and oxygen atoms in total. The lowest BCUT2D eigenvalue weighted by atomic mass is 10.0. The van der Waals surface area contributed by atoms with Gasteiger partial charge in [0.1, 0.15) is 5.69 Å². The highest BCUT2D eigenvalue weighted by atomic mass is 16.5. The molecule has 1 N–H and O–H groups in total. The molecule has 1 aromatic heterocycles. The fourth-order valence-electron chi connectivity index (χ4n) is 2.66. The van der Waals surface area contributed by atoms with E-state index in [0.717, 1.165) is 30.1 Å². The monoisotopic (exact) mass is 262 g/mol. The second kappa shape index (κ2) is 4.53. The molecule has 1 aliphatic heterocycles. The van der Waals surface area contributed by atoms with Crippen molar-refractivity contribution in [1.82, 2.24) is 5.16 Å². The zero-order valence-corrected chi connectivity index (χ0v) is 11.0. The summed E-state index contributed by atoms with van der Waals surface area (Å²) < 4.78 is 5.32. The van der Waals surface area contributed by atoms with Gasteiger partial charge in [-0.2, -0.15) is 0 Å². The summed E-state index contributed by atoms with van der Waals surface area (Å²) in [4.78, 5) is 0. The predicted molar refractivity (Wildman–Crippen MR) is 79.6 cm³/mol. The molecule has 0 fully saturated rings. The van der Waals surface area contributed by atoms with Crippen LogP contribution in [0.15, 0.2) is 59.1 Å². The maximum absolute atomic E-state index is 5.32. The van der Waals surface area contributed by atoms with Gasteiger partial charge in [-0.15, -0.1) is 0 Å². The van der Waals surface area contributed by atoms with Crippen molar-refractivity contribution in [3.8, 4) is 22.4 Å². The normalized spacial score (nSPS) is 13.0. The van der Waals surface area contributed by atoms with Crippen molar-refractivity contribution in [3.05, 3.63) is 60.2 Å². The van der Waals surface area contributed by atoms with Gasteiger partial charge in [0, 0.05) is 17.7 Å². The lowest BCUT2D eigenvalue weighted by Crippen LogP contribution is -1.92. The van der Waals surface area contributed by atoms with Crippen molar-refractivity contribution in [3.63, 3.8) is 0 Å². The molecule has 0 bridgehead atoms. The number of nitrogens with one attached hydrogen (secondary N) is 1. The summed E-state index contributed by atoms with van der Waals surface area (Å²) in [5, 5.41) is 7.37. The van der Waals surface area contributed by atoms with Crippen molar-refractivity contribution >= 4 is 5.88 Å². The molecule has 98 valence electrons. The number of nitrogens with zero attached hydrogens (tertiary/aromatic N) is 1. The number of anilines is 1. The Morgan fingerprint density at radius 2 is 1.55 bits per heavy atom. The van der Waals surface area contributed by atoms with E-state index >= 15 is 0 Å². The standard InChI is InChI=1S/C17H14N2O/c1-2-4-12(5-3-1)13-6-8-14(9-7-13)16-15-10-11-18-17(15)20-19-16/h1-9,18H,10-11H2. The Labute approximate surface area is 117 Å². The quantitative estimate of drug-likeness (QED) is 0.759. The Morgan fingerprint density at radius 1 is 0.850 bits per heavy atom. The van der Waals surface area contributed by atoms with E-state index in [1.165, 1.54) is 16.7 Å². The van der Waals surface area contributed by atoms with E-state index in [1.54, 1.807) is 0 Å². The van der Waals surface area contributed by atoms with Crippen LogP contribution in [0.5, 0.6) is 0 Å². The average molecular weight is 262 g/mol. The molecular formula is C17H14N2O. The first-order valence-corrected chi connectivity index (χ1v) is 6.80. The van der Waals surface area contributed by atoms with Gasteiger partial charge in [0.25, 0.3) is 0 Å². The Kier molecular flexibility index (Phi) is 2.56. The zero-order chi connectivity index (χ0) is 13.4. The van der Waals surface area contributed by atoms with Crippen LogP contribution in [0.2, 0.25) is 0 Å². The van der Waals surface area contributed by atoms with Crippen LogP contribution in [0.25, 0.3) is 22.4 Å². The van der Waals surface area contributed by atoms with E-state index in [4.69, 9.17) is 4.52 Å². The minimum atomic E-state index is 0.826. The largest absolute Gasteiger partial charge is 0.353 e. The molecule has 0 aliphatic carbocycles. The molecule has 1 aliphatic rings. The van der Waals surface area contributed by atoms with Gasteiger partial charge in [0.2, 0.25) is 5.88 Å². The number of rotatable bonds is 2. The van der Waals surface area contributed by atoms with Gasteiger partial charge >= 0.3 is 0 Å². The molecule has 4 rings (SSSR count). The van der Waals surface area contributed by atoms with Crippen molar-refractivity contribution in [2.24, 2.45) is 0 Å². The van der Waals surface area contributed by atoms with E-state index in [2.05, 4.69) is 59.0 Å². The summed E-state index contributed by atoms with van der Waals surface area (Å²) in [6.07, 6.45) is 0.981. The van der Waals surface area contributed by atoms with Gasteiger partial charge in [0.15, 0.2) is 0 Å². The van der Waals surface area contributed by atoms with Gasteiger partial charge in [-0.05, 0) is 17.5 Å². The van der Waals surface area contributed by atoms with Crippen molar-refractivity contribution in [2.75, 3.05) is 11.9 Å². The lowest BCUT2D eigenvalue weighted by molar-refractivity contribution is 0.436. The first-order valence-electron chi connectivity index (χ1n) is 6.80. The molecule has 0 radical (unpaired) electrons. The summed E-state index contributed by atoms with van der Waals surface area (Å²) in [5.41, 5.74) is 5.71. The predicted octanol–water partition coefficient (Wildman–Crippen LogP) is 3.98. The average Bonchev–Trinajstić information content (AvgIpc) is 3.11. The van der Waals surface area contributed by atoms with Crippen LogP contribution in [0, 0.1) is 0 Å². The second-order valence-electron chi connectivity index (χ2n) is 4.96. The Morgan fingerprint density at radius 3 is 2.35 bits per heavy atom. The van der Waals surface area contributed by atoms with Crippen molar-refractivity contribution in [2.45, 2.75) is 6.42 Å². The molecule has 2 heterocycles. The fraction of sp³-hybridized carbons (Fsp3) is 0.118. The maximum Gasteiger partial charge on any atom is 0.228 e. The highest BCUT2D eigenvalue weighted by Crippen LogP contribution is 2.33. The third kappa shape index (κ3) is 1.79. The smallest absolute Gasteiger partial charge is 0.228 e.